The second-order valence-corrected chi connectivity index (χ2v) is 11.8. The van der Waals surface area contributed by atoms with E-state index in [0.717, 1.165) is 12.8 Å². The first-order valence-corrected chi connectivity index (χ1v) is 13.2. The molecule has 8 heteroatoms. The summed E-state index contributed by atoms with van der Waals surface area (Å²) < 4.78 is 22.3. The van der Waals surface area contributed by atoms with Crippen LogP contribution in [0, 0.1) is 11.8 Å². The summed E-state index contributed by atoms with van der Waals surface area (Å²) in [6.45, 7) is 19.8. The molecular weight excluding hydrogens is 464 g/mol. The first-order chi connectivity index (χ1) is 16.4. The molecule has 0 bridgehead atoms. The van der Waals surface area contributed by atoms with Crippen LogP contribution in [0.25, 0.3) is 0 Å². The first kappa shape index (κ1) is 33.9. The molecule has 36 heavy (non-hydrogen) atoms. The summed E-state index contributed by atoms with van der Waals surface area (Å²) in [7, 11) is 0. The van der Waals surface area contributed by atoms with Gasteiger partial charge in [0.25, 0.3) is 0 Å². The van der Waals surface area contributed by atoms with E-state index in [1.807, 2.05) is 20.8 Å². The summed E-state index contributed by atoms with van der Waals surface area (Å²) in [4.78, 5) is 52.4. The lowest BCUT2D eigenvalue weighted by atomic mass is 9.86. The number of hydrogen-bond donors (Lipinski definition) is 0. The Morgan fingerprint density at radius 2 is 1.06 bits per heavy atom. The lowest BCUT2D eigenvalue weighted by molar-refractivity contribution is -0.179. The van der Waals surface area contributed by atoms with E-state index in [9.17, 15) is 19.2 Å². The van der Waals surface area contributed by atoms with Gasteiger partial charge in [-0.2, -0.15) is 0 Å². The standard InChI is InChI=1S/C28H50O8/c1-12-15-27(8,9)35-23(30)18-21(25(32)36-28(10,11)16-13-2)20(24(31)33-19(4)14-3)17-22(29)34-26(5,6)7/h19-21H,12-18H2,1-11H3. The minimum absolute atomic E-state index is 0.419. The molecule has 0 aromatic rings. The summed E-state index contributed by atoms with van der Waals surface area (Å²) >= 11 is 0. The molecule has 0 aromatic carbocycles. The molecule has 0 fully saturated rings. The van der Waals surface area contributed by atoms with Gasteiger partial charge in [-0.05, 0) is 74.7 Å². The van der Waals surface area contributed by atoms with E-state index in [-0.39, 0.29) is 0 Å². The average molecular weight is 515 g/mol. The fourth-order valence-corrected chi connectivity index (χ4v) is 3.90. The van der Waals surface area contributed by atoms with Gasteiger partial charge in [0.15, 0.2) is 0 Å². The number of carbonyl (C=O) groups is 4. The molecule has 0 saturated carbocycles. The van der Waals surface area contributed by atoms with Crippen LogP contribution in [0.3, 0.4) is 0 Å². The van der Waals surface area contributed by atoms with Crippen LogP contribution in [0.4, 0.5) is 0 Å². The van der Waals surface area contributed by atoms with E-state index < -0.39 is 71.5 Å². The minimum Gasteiger partial charge on any atom is -0.462 e. The number of carbonyl (C=O) groups excluding carboxylic acids is 4. The molecule has 210 valence electrons. The van der Waals surface area contributed by atoms with Crippen LogP contribution < -0.4 is 0 Å². The van der Waals surface area contributed by atoms with Crippen molar-refractivity contribution in [2.24, 2.45) is 11.8 Å². The highest BCUT2D eigenvalue weighted by Gasteiger charge is 2.43. The van der Waals surface area contributed by atoms with Crippen molar-refractivity contribution in [2.75, 3.05) is 0 Å². The Hall–Kier alpha value is -2.12. The fourth-order valence-electron chi connectivity index (χ4n) is 3.90. The zero-order valence-corrected chi connectivity index (χ0v) is 24.4. The largest absolute Gasteiger partial charge is 0.462 e. The van der Waals surface area contributed by atoms with Gasteiger partial charge in [-0.1, -0.05) is 33.6 Å². The van der Waals surface area contributed by atoms with Crippen molar-refractivity contribution >= 4 is 23.9 Å². The summed E-state index contributed by atoms with van der Waals surface area (Å²) in [6.07, 6.45) is 2.08. The molecule has 0 heterocycles. The van der Waals surface area contributed by atoms with Crippen LogP contribution in [0.5, 0.6) is 0 Å². The van der Waals surface area contributed by atoms with Crippen molar-refractivity contribution in [3.05, 3.63) is 0 Å². The van der Waals surface area contributed by atoms with Gasteiger partial charge in [-0.25, -0.2) is 0 Å². The van der Waals surface area contributed by atoms with Crippen LogP contribution in [-0.4, -0.2) is 46.8 Å². The lowest BCUT2D eigenvalue weighted by Gasteiger charge is -2.31. The summed E-state index contributed by atoms with van der Waals surface area (Å²) in [5.41, 5.74) is -2.34. The van der Waals surface area contributed by atoms with Crippen molar-refractivity contribution in [2.45, 2.75) is 144 Å². The second-order valence-electron chi connectivity index (χ2n) is 11.8. The monoisotopic (exact) mass is 514 g/mol. The van der Waals surface area contributed by atoms with E-state index in [1.165, 1.54) is 0 Å². The Morgan fingerprint density at radius 3 is 1.47 bits per heavy atom. The van der Waals surface area contributed by atoms with Gasteiger partial charge < -0.3 is 18.9 Å². The van der Waals surface area contributed by atoms with Crippen LogP contribution in [0.2, 0.25) is 0 Å². The number of hydrogen-bond acceptors (Lipinski definition) is 8. The van der Waals surface area contributed by atoms with Crippen LogP contribution in [-0.2, 0) is 38.1 Å². The lowest BCUT2D eigenvalue weighted by Crippen LogP contribution is -2.41. The van der Waals surface area contributed by atoms with Crippen molar-refractivity contribution in [1.82, 2.24) is 0 Å². The van der Waals surface area contributed by atoms with E-state index in [2.05, 4.69) is 0 Å². The molecule has 3 atom stereocenters. The minimum atomic E-state index is -1.27. The molecule has 0 aliphatic rings. The van der Waals surface area contributed by atoms with E-state index >= 15 is 0 Å². The normalized spacial score (nSPS) is 14.9. The van der Waals surface area contributed by atoms with Gasteiger partial charge >= 0.3 is 23.9 Å². The number of esters is 4. The highest BCUT2D eigenvalue weighted by molar-refractivity contribution is 5.89. The van der Waals surface area contributed by atoms with Crippen LogP contribution >= 0.6 is 0 Å². The van der Waals surface area contributed by atoms with Crippen molar-refractivity contribution in [3.8, 4) is 0 Å². The highest BCUT2D eigenvalue weighted by atomic mass is 16.6. The summed E-state index contributed by atoms with van der Waals surface area (Å²) in [5.74, 6) is -5.33. The van der Waals surface area contributed by atoms with Gasteiger partial charge in [-0.3, -0.25) is 19.2 Å². The zero-order valence-electron chi connectivity index (χ0n) is 24.4. The van der Waals surface area contributed by atoms with Crippen molar-refractivity contribution < 1.29 is 38.1 Å². The molecule has 0 radical (unpaired) electrons. The van der Waals surface area contributed by atoms with Gasteiger partial charge in [0.1, 0.15) is 16.8 Å². The van der Waals surface area contributed by atoms with Crippen LogP contribution in [0.1, 0.15) is 121 Å². The van der Waals surface area contributed by atoms with Crippen LogP contribution in [0.15, 0.2) is 0 Å². The molecule has 0 aliphatic carbocycles. The Balaban J connectivity index is 6.25. The molecular formula is C28H50O8. The maximum absolute atomic E-state index is 13.4. The van der Waals surface area contributed by atoms with Gasteiger partial charge in [0.2, 0.25) is 0 Å². The maximum atomic E-state index is 13.4. The molecule has 0 aromatic heterocycles. The first-order valence-electron chi connectivity index (χ1n) is 13.2. The van der Waals surface area contributed by atoms with Gasteiger partial charge in [-0.15, -0.1) is 0 Å². The van der Waals surface area contributed by atoms with Crippen molar-refractivity contribution in [3.63, 3.8) is 0 Å². The molecule has 0 amide bonds. The summed E-state index contributed by atoms with van der Waals surface area (Å²) in [6, 6.07) is 0. The molecule has 0 rings (SSSR count). The maximum Gasteiger partial charge on any atom is 0.310 e. The molecule has 8 nitrogen and oxygen atoms in total. The molecule has 0 N–H and O–H groups in total. The number of rotatable bonds is 15. The molecule has 0 saturated heterocycles. The second kappa shape index (κ2) is 14.6. The van der Waals surface area contributed by atoms with E-state index in [4.69, 9.17) is 18.9 Å². The van der Waals surface area contributed by atoms with Crippen molar-refractivity contribution in [1.29, 1.82) is 0 Å². The predicted molar refractivity (Wildman–Crippen MR) is 138 cm³/mol. The van der Waals surface area contributed by atoms with E-state index in [0.29, 0.717) is 19.3 Å². The Labute approximate surface area is 218 Å². The Morgan fingerprint density at radius 1 is 0.639 bits per heavy atom. The molecule has 0 aliphatic heterocycles. The zero-order chi connectivity index (χ0) is 28.3. The fraction of sp³-hybridized carbons (Fsp3) is 0.857. The average Bonchev–Trinajstić information content (AvgIpc) is 2.67. The molecule has 3 unspecified atom stereocenters. The third kappa shape index (κ3) is 13.8. The third-order valence-corrected chi connectivity index (χ3v) is 5.65. The Bertz CT molecular complexity index is 732. The third-order valence-electron chi connectivity index (χ3n) is 5.65. The summed E-state index contributed by atoms with van der Waals surface area (Å²) in [5, 5.41) is 0. The van der Waals surface area contributed by atoms with E-state index in [1.54, 1.807) is 55.4 Å². The highest BCUT2D eigenvalue weighted by Crippen LogP contribution is 2.30. The van der Waals surface area contributed by atoms with Gasteiger partial charge in [0.05, 0.1) is 30.8 Å². The predicted octanol–water partition coefficient (Wildman–Crippen LogP) is 5.93. The Kier molecular flexibility index (Phi) is 13.7. The molecule has 0 spiro atoms. The number of ether oxygens (including phenoxy) is 4. The topological polar surface area (TPSA) is 105 Å². The smallest absolute Gasteiger partial charge is 0.310 e. The quantitative estimate of drug-likeness (QED) is 0.196. The SMILES string of the molecule is CCCC(C)(C)OC(=O)CC(C(=O)OC(C)(C)CCC)C(CC(=O)OC(C)(C)C)C(=O)OC(C)CC. The van der Waals surface area contributed by atoms with Gasteiger partial charge in [0, 0.05) is 0 Å².